The van der Waals surface area contributed by atoms with Crippen molar-refractivity contribution < 1.29 is 19.4 Å². The fourth-order valence-corrected chi connectivity index (χ4v) is 2.67. The number of carbonyl (C=O) groups is 2. The van der Waals surface area contributed by atoms with Crippen molar-refractivity contribution in [1.82, 2.24) is 0 Å². The SMILES string of the molecule is O=C1c2ccccc2C(=O)c2cc(NCOCC(O)CCl)ccc21. The monoisotopic (exact) mass is 345 g/mol. The summed E-state index contributed by atoms with van der Waals surface area (Å²) in [5, 5.41) is 12.3. The number of hydrogen-bond acceptors (Lipinski definition) is 5. The highest BCUT2D eigenvalue weighted by Gasteiger charge is 2.29. The summed E-state index contributed by atoms with van der Waals surface area (Å²) in [5.74, 6) is -0.204. The van der Waals surface area contributed by atoms with Gasteiger partial charge in [0.25, 0.3) is 0 Å². The Hall–Kier alpha value is -2.21. The van der Waals surface area contributed by atoms with Crippen molar-refractivity contribution in [3.05, 3.63) is 64.7 Å². The molecular formula is C18H16ClNO4. The summed E-state index contributed by atoms with van der Waals surface area (Å²) in [6, 6.07) is 11.8. The molecule has 0 aromatic heterocycles. The predicted molar refractivity (Wildman–Crippen MR) is 90.9 cm³/mol. The number of benzene rings is 2. The molecule has 0 fully saturated rings. The van der Waals surface area contributed by atoms with Crippen LogP contribution in [0.4, 0.5) is 5.69 Å². The van der Waals surface area contributed by atoms with Crippen LogP contribution >= 0.6 is 11.6 Å². The Labute approximate surface area is 144 Å². The van der Waals surface area contributed by atoms with Crippen LogP contribution in [0.15, 0.2) is 42.5 Å². The van der Waals surface area contributed by atoms with Crippen LogP contribution in [0.5, 0.6) is 0 Å². The summed E-state index contributed by atoms with van der Waals surface area (Å²) in [4.78, 5) is 25.1. The van der Waals surface area contributed by atoms with Gasteiger partial charge in [0.05, 0.1) is 18.6 Å². The molecule has 1 unspecified atom stereocenters. The van der Waals surface area contributed by atoms with Gasteiger partial charge in [-0.15, -0.1) is 11.6 Å². The molecule has 0 saturated carbocycles. The number of fused-ring (bicyclic) bond motifs is 2. The van der Waals surface area contributed by atoms with E-state index in [9.17, 15) is 14.7 Å². The van der Waals surface area contributed by atoms with Gasteiger partial charge in [-0.2, -0.15) is 0 Å². The normalized spacial score (nSPS) is 14.1. The van der Waals surface area contributed by atoms with Crippen molar-refractivity contribution in [1.29, 1.82) is 0 Å². The zero-order valence-corrected chi connectivity index (χ0v) is 13.5. The fraction of sp³-hybridized carbons (Fsp3) is 0.222. The molecule has 0 heterocycles. The fourth-order valence-electron chi connectivity index (χ4n) is 2.58. The highest BCUT2D eigenvalue weighted by atomic mass is 35.5. The number of aliphatic hydroxyl groups is 1. The van der Waals surface area contributed by atoms with E-state index in [1.807, 2.05) is 0 Å². The number of alkyl halides is 1. The average Bonchev–Trinajstić information content (AvgIpc) is 2.63. The van der Waals surface area contributed by atoms with E-state index in [1.165, 1.54) is 0 Å². The quantitative estimate of drug-likeness (QED) is 0.408. The lowest BCUT2D eigenvalue weighted by Crippen LogP contribution is -2.21. The Bertz CT molecular complexity index is 790. The Kier molecular flexibility index (Phi) is 4.94. The van der Waals surface area contributed by atoms with Gasteiger partial charge in [-0.25, -0.2) is 0 Å². The molecule has 0 amide bonds. The highest BCUT2D eigenvalue weighted by molar-refractivity contribution is 6.28. The molecule has 1 atom stereocenters. The van der Waals surface area contributed by atoms with Crippen LogP contribution in [0.3, 0.4) is 0 Å². The number of nitrogens with one attached hydrogen (secondary N) is 1. The topological polar surface area (TPSA) is 75.6 Å². The van der Waals surface area contributed by atoms with Gasteiger partial charge in [-0.05, 0) is 18.2 Å². The van der Waals surface area contributed by atoms with Gasteiger partial charge >= 0.3 is 0 Å². The van der Waals surface area contributed by atoms with E-state index in [0.29, 0.717) is 27.9 Å². The van der Waals surface area contributed by atoms with E-state index < -0.39 is 6.10 Å². The third-order valence-electron chi connectivity index (χ3n) is 3.79. The summed E-state index contributed by atoms with van der Waals surface area (Å²) >= 11 is 5.48. The number of ether oxygens (including phenoxy) is 1. The molecule has 5 nitrogen and oxygen atoms in total. The van der Waals surface area contributed by atoms with Crippen molar-refractivity contribution in [2.75, 3.05) is 24.5 Å². The average molecular weight is 346 g/mol. The summed E-state index contributed by atoms with van der Waals surface area (Å²) in [7, 11) is 0. The zero-order chi connectivity index (χ0) is 17.1. The summed E-state index contributed by atoms with van der Waals surface area (Å²) < 4.78 is 5.24. The Morgan fingerprint density at radius 1 is 1.00 bits per heavy atom. The lowest BCUT2D eigenvalue weighted by molar-refractivity contribution is 0.0568. The van der Waals surface area contributed by atoms with E-state index in [-0.39, 0.29) is 30.8 Å². The summed E-state index contributed by atoms with van der Waals surface area (Å²) in [6.07, 6.45) is -0.715. The van der Waals surface area contributed by atoms with Gasteiger partial charge in [0.1, 0.15) is 6.73 Å². The molecular weight excluding hydrogens is 330 g/mol. The van der Waals surface area contributed by atoms with Gasteiger partial charge in [0.2, 0.25) is 0 Å². The van der Waals surface area contributed by atoms with Crippen LogP contribution in [0.2, 0.25) is 0 Å². The first-order valence-corrected chi connectivity index (χ1v) is 8.03. The molecule has 24 heavy (non-hydrogen) atoms. The molecule has 6 heteroatoms. The van der Waals surface area contributed by atoms with Gasteiger partial charge in [-0.1, -0.05) is 24.3 Å². The first kappa shape index (κ1) is 16.6. The van der Waals surface area contributed by atoms with Gasteiger partial charge in [0, 0.05) is 27.9 Å². The minimum Gasteiger partial charge on any atom is -0.389 e. The first-order valence-electron chi connectivity index (χ1n) is 7.50. The molecule has 3 rings (SSSR count). The van der Waals surface area contributed by atoms with Gasteiger partial charge in [0.15, 0.2) is 11.6 Å². The smallest absolute Gasteiger partial charge is 0.194 e. The van der Waals surface area contributed by atoms with Gasteiger partial charge in [-0.3, -0.25) is 9.59 Å². The standard InChI is InChI=1S/C18H16ClNO4/c19-8-12(21)9-24-10-20-11-5-6-15-16(7-11)18(23)14-4-2-1-3-13(14)17(15)22/h1-7,12,20-21H,8-10H2. The van der Waals surface area contributed by atoms with Gasteiger partial charge < -0.3 is 15.2 Å². The summed E-state index contributed by atoms with van der Waals surface area (Å²) in [6.45, 7) is 0.275. The minimum absolute atomic E-state index is 0.106. The molecule has 0 radical (unpaired) electrons. The van der Waals surface area contributed by atoms with E-state index in [0.717, 1.165) is 0 Å². The number of ketones is 2. The minimum atomic E-state index is -0.715. The molecule has 0 saturated heterocycles. The lowest BCUT2D eigenvalue weighted by atomic mass is 9.84. The molecule has 0 spiro atoms. The van der Waals surface area contributed by atoms with Crippen molar-refractivity contribution in [3.63, 3.8) is 0 Å². The number of rotatable bonds is 6. The van der Waals surface area contributed by atoms with Crippen LogP contribution in [0.25, 0.3) is 0 Å². The van der Waals surface area contributed by atoms with E-state index >= 15 is 0 Å². The first-order chi connectivity index (χ1) is 11.6. The largest absolute Gasteiger partial charge is 0.389 e. The molecule has 124 valence electrons. The Morgan fingerprint density at radius 2 is 1.62 bits per heavy atom. The number of aliphatic hydroxyl groups excluding tert-OH is 1. The van der Waals surface area contributed by atoms with Crippen molar-refractivity contribution >= 4 is 28.9 Å². The van der Waals surface area contributed by atoms with Crippen LogP contribution in [-0.4, -0.2) is 42.0 Å². The maximum Gasteiger partial charge on any atom is 0.194 e. The number of anilines is 1. The second kappa shape index (κ2) is 7.13. The van der Waals surface area contributed by atoms with Crippen molar-refractivity contribution in [2.24, 2.45) is 0 Å². The maximum absolute atomic E-state index is 12.6. The van der Waals surface area contributed by atoms with E-state index in [1.54, 1.807) is 42.5 Å². The van der Waals surface area contributed by atoms with Crippen molar-refractivity contribution in [3.8, 4) is 0 Å². The summed E-state index contributed by atoms with van der Waals surface area (Å²) in [5.41, 5.74) is 2.31. The lowest BCUT2D eigenvalue weighted by Gasteiger charge is -2.18. The third kappa shape index (κ3) is 3.19. The Morgan fingerprint density at radius 3 is 2.29 bits per heavy atom. The Balaban J connectivity index is 1.76. The van der Waals surface area contributed by atoms with E-state index in [2.05, 4.69) is 5.32 Å². The number of hydrogen-bond donors (Lipinski definition) is 2. The number of halogens is 1. The molecule has 0 bridgehead atoms. The second-order valence-corrected chi connectivity index (χ2v) is 5.77. The molecule has 2 aromatic rings. The maximum atomic E-state index is 12.6. The highest BCUT2D eigenvalue weighted by Crippen LogP contribution is 2.28. The third-order valence-corrected chi connectivity index (χ3v) is 4.15. The number of carbonyl (C=O) groups excluding carboxylic acids is 2. The van der Waals surface area contributed by atoms with Crippen LogP contribution < -0.4 is 5.32 Å². The molecule has 0 aliphatic heterocycles. The zero-order valence-electron chi connectivity index (χ0n) is 12.8. The molecule has 2 aromatic carbocycles. The predicted octanol–water partition coefficient (Wildman–Crippen LogP) is 2.45. The molecule has 2 N–H and O–H groups in total. The van der Waals surface area contributed by atoms with Crippen molar-refractivity contribution in [2.45, 2.75) is 6.10 Å². The van der Waals surface area contributed by atoms with Crippen LogP contribution in [-0.2, 0) is 4.74 Å². The molecule has 1 aliphatic rings. The molecule has 1 aliphatic carbocycles. The van der Waals surface area contributed by atoms with Crippen LogP contribution in [0, 0.1) is 0 Å². The van der Waals surface area contributed by atoms with E-state index in [4.69, 9.17) is 16.3 Å². The second-order valence-electron chi connectivity index (χ2n) is 5.46. The van der Waals surface area contributed by atoms with Crippen LogP contribution in [0.1, 0.15) is 31.8 Å².